The Balaban J connectivity index is 1.72. The average Bonchev–Trinajstić information content (AvgIpc) is 3.11. The van der Waals surface area contributed by atoms with Gasteiger partial charge in [0.15, 0.2) is 0 Å². The zero-order valence-corrected chi connectivity index (χ0v) is 12.7. The minimum absolute atomic E-state index is 0.508. The van der Waals surface area contributed by atoms with Gasteiger partial charge in [0.2, 0.25) is 5.89 Å². The Morgan fingerprint density at radius 1 is 1.38 bits per heavy atom. The number of hydrogen-bond acceptors (Lipinski definition) is 4. The van der Waals surface area contributed by atoms with Gasteiger partial charge in [-0.15, -0.1) is 0 Å². The highest BCUT2D eigenvalue weighted by Gasteiger charge is 2.25. The molecule has 1 aliphatic heterocycles. The van der Waals surface area contributed by atoms with Crippen LogP contribution in [0.5, 0.6) is 0 Å². The van der Waals surface area contributed by atoms with Crippen molar-refractivity contribution in [3.63, 3.8) is 0 Å². The first kappa shape index (κ1) is 14.3. The van der Waals surface area contributed by atoms with Crippen molar-refractivity contribution in [2.75, 3.05) is 20.3 Å². The molecule has 2 heterocycles. The molecule has 1 fully saturated rings. The summed E-state index contributed by atoms with van der Waals surface area (Å²) in [5, 5.41) is 0. The molecule has 21 heavy (non-hydrogen) atoms. The number of rotatable bonds is 5. The molecule has 4 heteroatoms. The molecule has 1 aromatic heterocycles. The molecule has 1 atom stereocenters. The van der Waals surface area contributed by atoms with Crippen LogP contribution in [0.25, 0.3) is 11.5 Å². The number of ether oxygens (including phenoxy) is 1. The molecule has 0 spiro atoms. The van der Waals surface area contributed by atoms with Crippen molar-refractivity contribution < 1.29 is 9.15 Å². The molecule has 4 nitrogen and oxygen atoms in total. The standard InChI is InChI=1S/C17H22N2O2/c1-13-6-3-4-8-16(13)17-18-14(11-21-17)10-19-9-5-7-15(19)12-20-2/h3-4,6,8,11,15H,5,7,9-10,12H2,1-2H3/t15-/m1/s1. The third kappa shape index (κ3) is 3.17. The minimum atomic E-state index is 0.508. The number of nitrogens with zero attached hydrogens (tertiary/aromatic N) is 2. The lowest BCUT2D eigenvalue weighted by molar-refractivity contribution is 0.111. The fourth-order valence-corrected chi connectivity index (χ4v) is 3.01. The van der Waals surface area contributed by atoms with Gasteiger partial charge in [0.05, 0.1) is 12.3 Å². The van der Waals surface area contributed by atoms with E-state index in [1.54, 1.807) is 13.4 Å². The Bertz CT molecular complexity index is 594. The first-order chi connectivity index (χ1) is 10.3. The summed E-state index contributed by atoms with van der Waals surface area (Å²) in [5.41, 5.74) is 3.25. The van der Waals surface area contributed by atoms with E-state index in [2.05, 4.69) is 28.9 Å². The Morgan fingerprint density at radius 3 is 3.05 bits per heavy atom. The second kappa shape index (κ2) is 6.41. The fraction of sp³-hybridized carbons (Fsp3) is 0.471. The van der Waals surface area contributed by atoms with E-state index >= 15 is 0 Å². The number of likely N-dealkylation sites (tertiary alicyclic amines) is 1. The molecule has 0 unspecified atom stereocenters. The molecule has 0 bridgehead atoms. The molecule has 1 saturated heterocycles. The first-order valence-electron chi connectivity index (χ1n) is 7.51. The van der Waals surface area contributed by atoms with E-state index in [4.69, 9.17) is 9.15 Å². The van der Waals surface area contributed by atoms with Crippen LogP contribution in [0.1, 0.15) is 24.1 Å². The van der Waals surface area contributed by atoms with E-state index in [1.165, 1.54) is 18.4 Å². The number of benzene rings is 1. The van der Waals surface area contributed by atoms with Gasteiger partial charge < -0.3 is 9.15 Å². The first-order valence-corrected chi connectivity index (χ1v) is 7.51. The molecule has 0 radical (unpaired) electrons. The van der Waals surface area contributed by atoms with Crippen molar-refractivity contribution in [1.29, 1.82) is 0 Å². The van der Waals surface area contributed by atoms with Crippen LogP contribution in [-0.4, -0.2) is 36.2 Å². The van der Waals surface area contributed by atoms with Crippen molar-refractivity contribution in [2.24, 2.45) is 0 Å². The second-order valence-corrected chi connectivity index (χ2v) is 5.68. The number of methoxy groups -OCH3 is 1. The van der Waals surface area contributed by atoms with E-state index in [0.29, 0.717) is 11.9 Å². The fourth-order valence-electron chi connectivity index (χ4n) is 3.01. The van der Waals surface area contributed by atoms with Crippen LogP contribution in [0.4, 0.5) is 0 Å². The maximum absolute atomic E-state index is 5.67. The van der Waals surface area contributed by atoms with E-state index < -0.39 is 0 Å². The Kier molecular flexibility index (Phi) is 4.36. The van der Waals surface area contributed by atoms with Gasteiger partial charge in [0.25, 0.3) is 0 Å². The van der Waals surface area contributed by atoms with Crippen LogP contribution < -0.4 is 0 Å². The highest BCUT2D eigenvalue weighted by Crippen LogP contribution is 2.24. The number of aromatic nitrogens is 1. The zero-order valence-electron chi connectivity index (χ0n) is 12.7. The van der Waals surface area contributed by atoms with Crippen LogP contribution >= 0.6 is 0 Å². The number of aryl methyl sites for hydroxylation is 1. The van der Waals surface area contributed by atoms with Crippen molar-refractivity contribution >= 4 is 0 Å². The summed E-state index contributed by atoms with van der Waals surface area (Å²) >= 11 is 0. The molecule has 0 aliphatic carbocycles. The van der Waals surface area contributed by atoms with Gasteiger partial charge in [-0.25, -0.2) is 4.98 Å². The molecule has 0 N–H and O–H groups in total. The number of oxazole rings is 1. The third-order valence-electron chi connectivity index (χ3n) is 4.15. The van der Waals surface area contributed by atoms with Gasteiger partial charge >= 0.3 is 0 Å². The van der Waals surface area contributed by atoms with Crippen molar-refractivity contribution in [3.05, 3.63) is 41.8 Å². The van der Waals surface area contributed by atoms with Crippen molar-refractivity contribution in [1.82, 2.24) is 9.88 Å². The van der Waals surface area contributed by atoms with E-state index in [1.807, 2.05) is 12.1 Å². The van der Waals surface area contributed by atoms with Crippen LogP contribution in [0.15, 0.2) is 34.9 Å². The smallest absolute Gasteiger partial charge is 0.226 e. The molecular weight excluding hydrogens is 264 g/mol. The quantitative estimate of drug-likeness (QED) is 0.845. The molecule has 0 saturated carbocycles. The van der Waals surface area contributed by atoms with Crippen molar-refractivity contribution in [3.8, 4) is 11.5 Å². The van der Waals surface area contributed by atoms with Gasteiger partial charge in [0.1, 0.15) is 6.26 Å². The molecule has 112 valence electrons. The monoisotopic (exact) mass is 286 g/mol. The predicted octanol–water partition coefficient (Wildman–Crippen LogP) is 3.26. The Labute approximate surface area is 125 Å². The maximum atomic E-state index is 5.67. The summed E-state index contributed by atoms with van der Waals surface area (Å²) in [5.74, 6) is 0.714. The summed E-state index contributed by atoms with van der Waals surface area (Å²) in [7, 11) is 1.77. The van der Waals surface area contributed by atoms with Gasteiger partial charge in [-0.1, -0.05) is 18.2 Å². The summed E-state index contributed by atoms with van der Waals surface area (Å²) in [6.07, 6.45) is 4.22. The summed E-state index contributed by atoms with van der Waals surface area (Å²) < 4.78 is 11.0. The van der Waals surface area contributed by atoms with Gasteiger partial charge in [-0.2, -0.15) is 0 Å². The topological polar surface area (TPSA) is 38.5 Å². The van der Waals surface area contributed by atoms with Crippen LogP contribution in [-0.2, 0) is 11.3 Å². The Morgan fingerprint density at radius 2 is 2.24 bits per heavy atom. The molecule has 3 rings (SSSR count). The van der Waals surface area contributed by atoms with Crippen LogP contribution in [0.3, 0.4) is 0 Å². The zero-order chi connectivity index (χ0) is 14.7. The largest absolute Gasteiger partial charge is 0.444 e. The highest BCUT2D eigenvalue weighted by atomic mass is 16.5. The maximum Gasteiger partial charge on any atom is 0.226 e. The van der Waals surface area contributed by atoms with Crippen molar-refractivity contribution in [2.45, 2.75) is 32.4 Å². The SMILES string of the molecule is COC[C@H]1CCCN1Cc1coc(-c2ccccc2C)n1. The van der Waals surface area contributed by atoms with Gasteiger partial charge in [-0.05, 0) is 37.9 Å². The molecule has 1 aliphatic rings. The summed E-state index contributed by atoms with van der Waals surface area (Å²) in [6.45, 7) is 4.82. The van der Waals surface area contributed by atoms with E-state index in [-0.39, 0.29) is 0 Å². The number of hydrogen-bond donors (Lipinski definition) is 0. The lowest BCUT2D eigenvalue weighted by Gasteiger charge is -2.22. The third-order valence-corrected chi connectivity index (χ3v) is 4.15. The molecule has 1 aromatic carbocycles. The van der Waals surface area contributed by atoms with Crippen LogP contribution in [0, 0.1) is 6.92 Å². The summed E-state index contributed by atoms with van der Waals surface area (Å²) in [4.78, 5) is 7.08. The minimum Gasteiger partial charge on any atom is -0.444 e. The Hall–Kier alpha value is -1.65. The lowest BCUT2D eigenvalue weighted by atomic mass is 10.1. The second-order valence-electron chi connectivity index (χ2n) is 5.68. The van der Waals surface area contributed by atoms with Gasteiger partial charge in [-0.3, -0.25) is 4.90 Å². The average molecular weight is 286 g/mol. The van der Waals surface area contributed by atoms with Gasteiger partial charge in [0, 0.05) is 25.3 Å². The predicted molar refractivity (Wildman–Crippen MR) is 82.0 cm³/mol. The lowest BCUT2D eigenvalue weighted by Crippen LogP contribution is -2.32. The summed E-state index contributed by atoms with van der Waals surface area (Å²) in [6, 6.07) is 8.68. The highest BCUT2D eigenvalue weighted by molar-refractivity contribution is 5.58. The van der Waals surface area contributed by atoms with E-state index in [9.17, 15) is 0 Å². The molecule has 2 aromatic rings. The molecule has 0 amide bonds. The van der Waals surface area contributed by atoms with Crippen LogP contribution in [0.2, 0.25) is 0 Å². The van der Waals surface area contributed by atoms with E-state index in [0.717, 1.165) is 31.0 Å². The normalized spacial score (nSPS) is 19.2. The molecular formula is C17H22N2O2.